The fourth-order valence-corrected chi connectivity index (χ4v) is 4.02. The first-order chi connectivity index (χ1) is 14.6. The number of ether oxygens (including phenoxy) is 1. The van der Waals surface area contributed by atoms with Crippen LogP contribution < -0.4 is 4.74 Å². The summed E-state index contributed by atoms with van der Waals surface area (Å²) < 4.78 is 6.36. The molecule has 1 aliphatic heterocycles. The standard InChI is InChI=1S/C23H24N4O2S/c1-4-5-8-16-11-13-17(14-12-16)22-27(15(2)28)19-10-7-6-9-18(19)20-21(29-22)24-23(30-3)26-25-20/h4,7,10-14,22H,1,5-6,8-9H2,2-3H3. The zero-order chi connectivity index (χ0) is 21.1. The van der Waals surface area contributed by atoms with Crippen molar-refractivity contribution in [2.45, 2.75) is 44.0 Å². The average molecular weight is 421 g/mol. The van der Waals surface area contributed by atoms with Crippen LogP contribution in [0.1, 0.15) is 49.2 Å². The molecule has 0 saturated carbocycles. The van der Waals surface area contributed by atoms with E-state index in [-0.39, 0.29) is 5.91 Å². The number of benzene rings is 1. The Balaban J connectivity index is 1.82. The summed E-state index contributed by atoms with van der Waals surface area (Å²) in [5.74, 6) is 0.322. The van der Waals surface area contributed by atoms with E-state index in [1.165, 1.54) is 17.3 Å². The summed E-state index contributed by atoms with van der Waals surface area (Å²) in [5.41, 5.74) is 4.47. The van der Waals surface area contributed by atoms with Crippen LogP contribution in [0.4, 0.5) is 0 Å². The van der Waals surface area contributed by atoms with Gasteiger partial charge in [-0.25, -0.2) is 0 Å². The van der Waals surface area contributed by atoms with Crippen molar-refractivity contribution in [2.24, 2.45) is 0 Å². The number of amides is 1. The van der Waals surface area contributed by atoms with Crippen molar-refractivity contribution < 1.29 is 9.53 Å². The maximum atomic E-state index is 12.8. The summed E-state index contributed by atoms with van der Waals surface area (Å²) in [6.45, 7) is 5.34. The Labute approximate surface area is 180 Å². The first kappa shape index (κ1) is 20.3. The van der Waals surface area contributed by atoms with E-state index in [9.17, 15) is 4.79 Å². The van der Waals surface area contributed by atoms with Crippen molar-refractivity contribution in [3.63, 3.8) is 0 Å². The van der Waals surface area contributed by atoms with E-state index in [1.807, 2.05) is 30.5 Å². The quantitative estimate of drug-likeness (QED) is 0.515. The second-order valence-electron chi connectivity index (χ2n) is 7.19. The number of aromatic nitrogens is 3. The van der Waals surface area contributed by atoms with Crippen molar-refractivity contribution in [1.29, 1.82) is 0 Å². The minimum absolute atomic E-state index is 0.0966. The van der Waals surface area contributed by atoms with Crippen LogP contribution in [0.15, 0.2) is 59.9 Å². The summed E-state index contributed by atoms with van der Waals surface area (Å²) in [6.07, 6.45) is 10.7. The summed E-state index contributed by atoms with van der Waals surface area (Å²) in [7, 11) is 0. The fourth-order valence-electron chi connectivity index (χ4n) is 3.73. The highest BCUT2D eigenvalue weighted by Crippen LogP contribution is 2.42. The first-order valence-electron chi connectivity index (χ1n) is 9.97. The van der Waals surface area contributed by atoms with Gasteiger partial charge in [0.25, 0.3) is 0 Å². The number of hydrogen-bond donors (Lipinski definition) is 0. The molecule has 1 aromatic heterocycles. The molecule has 1 amide bonds. The number of allylic oxidation sites excluding steroid dienone is 4. The van der Waals surface area contributed by atoms with Crippen LogP contribution >= 0.6 is 11.8 Å². The minimum atomic E-state index is -0.628. The SMILES string of the molecule is C=CCCc1ccc(C2Oc3nc(SC)nnc3C3=C(C=CCC3)N2C(C)=O)cc1. The van der Waals surface area contributed by atoms with Crippen LogP contribution in [0.3, 0.4) is 0 Å². The third-order valence-corrected chi connectivity index (χ3v) is 5.75. The Morgan fingerprint density at radius 1 is 1.33 bits per heavy atom. The van der Waals surface area contributed by atoms with Crippen molar-refractivity contribution in [3.05, 3.63) is 71.6 Å². The Morgan fingerprint density at radius 3 is 2.83 bits per heavy atom. The molecular weight excluding hydrogens is 396 g/mol. The van der Waals surface area contributed by atoms with Gasteiger partial charge in [0, 0.05) is 18.1 Å². The van der Waals surface area contributed by atoms with E-state index in [0.29, 0.717) is 16.7 Å². The van der Waals surface area contributed by atoms with E-state index < -0.39 is 6.23 Å². The molecule has 2 heterocycles. The third-order valence-electron chi connectivity index (χ3n) is 5.21. The van der Waals surface area contributed by atoms with Crippen LogP contribution in [0.2, 0.25) is 0 Å². The number of fused-ring (bicyclic) bond motifs is 2. The van der Waals surface area contributed by atoms with Crippen molar-refractivity contribution in [2.75, 3.05) is 6.26 Å². The molecule has 4 rings (SSSR count). The lowest BCUT2D eigenvalue weighted by Crippen LogP contribution is -2.35. The van der Waals surface area contributed by atoms with Crippen molar-refractivity contribution in [1.82, 2.24) is 20.1 Å². The van der Waals surface area contributed by atoms with Crippen LogP contribution in [-0.2, 0) is 11.2 Å². The Hall–Kier alpha value is -2.93. The number of nitrogens with zero attached hydrogens (tertiary/aromatic N) is 4. The summed E-state index contributed by atoms with van der Waals surface area (Å²) in [4.78, 5) is 19.0. The van der Waals surface area contributed by atoms with Gasteiger partial charge in [-0.3, -0.25) is 9.69 Å². The van der Waals surface area contributed by atoms with Gasteiger partial charge < -0.3 is 4.74 Å². The highest BCUT2D eigenvalue weighted by molar-refractivity contribution is 7.98. The highest BCUT2D eigenvalue weighted by atomic mass is 32.2. The Morgan fingerprint density at radius 2 is 2.13 bits per heavy atom. The molecule has 1 aliphatic carbocycles. The van der Waals surface area contributed by atoms with Gasteiger partial charge in [0.05, 0.1) is 5.70 Å². The molecule has 0 saturated heterocycles. The van der Waals surface area contributed by atoms with E-state index in [1.54, 1.807) is 11.8 Å². The molecular formula is C23H24N4O2S. The Bertz CT molecular complexity index is 1030. The van der Waals surface area contributed by atoms with Crippen molar-refractivity contribution >= 4 is 23.2 Å². The fraction of sp³-hybridized carbons (Fsp3) is 0.304. The molecule has 2 aliphatic rings. The van der Waals surface area contributed by atoms with Gasteiger partial charge in [0.15, 0.2) is 5.69 Å². The molecule has 0 spiro atoms. The maximum Gasteiger partial charge on any atom is 0.247 e. The largest absolute Gasteiger partial charge is 0.447 e. The zero-order valence-corrected chi connectivity index (χ0v) is 18.0. The van der Waals surface area contributed by atoms with E-state index in [4.69, 9.17) is 4.74 Å². The van der Waals surface area contributed by atoms with Crippen molar-refractivity contribution in [3.8, 4) is 5.88 Å². The van der Waals surface area contributed by atoms with Gasteiger partial charge in [0.2, 0.25) is 23.2 Å². The summed E-state index contributed by atoms with van der Waals surface area (Å²) >= 11 is 1.41. The number of aryl methyl sites for hydroxylation is 1. The van der Waals surface area contributed by atoms with Crippen LogP contribution in [0, 0.1) is 0 Å². The number of rotatable bonds is 5. The van der Waals surface area contributed by atoms with Gasteiger partial charge in [-0.1, -0.05) is 48.2 Å². The lowest BCUT2D eigenvalue weighted by molar-refractivity contribution is -0.134. The molecule has 1 atom stereocenters. The topological polar surface area (TPSA) is 68.2 Å². The van der Waals surface area contributed by atoms with Crippen LogP contribution in [0.25, 0.3) is 5.57 Å². The smallest absolute Gasteiger partial charge is 0.247 e. The van der Waals surface area contributed by atoms with E-state index in [0.717, 1.165) is 42.5 Å². The molecule has 0 N–H and O–H groups in total. The predicted octanol–water partition coefficient (Wildman–Crippen LogP) is 4.71. The average Bonchev–Trinajstić information content (AvgIpc) is 2.92. The van der Waals surface area contributed by atoms with E-state index in [2.05, 4.69) is 40.0 Å². The molecule has 6 nitrogen and oxygen atoms in total. The number of carbonyl (C=O) groups is 1. The molecule has 1 unspecified atom stereocenters. The van der Waals surface area contributed by atoms with Gasteiger partial charge in [-0.05, 0) is 43.6 Å². The second kappa shape index (κ2) is 8.83. The van der Waals surface area contributed by atoms with Gasteiger partial charge in [0.1, 0.15) is 0 Å². The zero-order valence-electron chi connectivity index (χ0n) is 17.2. The second-order valence-corrected chi connectivity index (χ2v) is 7.96. The van der Waals surface area contributed by atoms with Gasteiger partial charge in [-0.2, -0.15) is 4.98 Å². The molecule has 0 radical (unpaired) electrons. The predicted molar refractivity (Wildman–Crippen MR) is 118 cm³/mol. The summed E-state index contributed by atoms with van der Waals surface area (Å²) in [6, 6.07) is 8.18. The van der Waals surface area contributed by atoms with Crippen LogP contribution in [-0.4, -0.2) is 32.2 Å². The number of thioether (sulfide) groups is 1. The number of carbonyl (C=O) groups excluding carboxylic acids is 1. The van der Waals surface area contributed by atoms with Crippen LogP contribution in [0.5, 0.6) is 5.88 Å². The number of hydrogen-bond acceptors (Lipinski definition) is 6. The molecule has 2 aromatic rings. The highest BCUT2D eigenvalue weighted by Gasteiger charge is 2.35. The van der Waals surface area contributed by atoms with Gasteiger partial charge in [-0.15, -0.1) is 16.8 Å². The molecule has 154 valence electrons. The van der Waals surface area contributed by atoms with Gasteiger partial charge >= 0.3 is 0 Å². The third kappa shape index (κ3) is 3.89. The first-order valence-corrected chi connectivity index (χ1v) is 11.2. The summed E-state index contributed by atoms with van der Waals surface area (Å²) in [5, 5.41) is 9.15. The van der Waals surface area contributed by atoms with E-state index >= 15 is 0 Å². The molecule has 1 aromatic carbocycles. The lowest BCUT2D eigenvalue weighted by atomic mass is 9.98. The lowest BCUT2D eigenvalue weighted by Gasteiger charge is -2.31. The Kier molecular flexibility index (Phi) is 5.99. The molecule has 0 bridgehead atoms. The molecule has 7 heteroatoms. The normalized spacial score (nSPS) is 17.7. The molecule has 30 heavy (non-hydrogen) atoms. The maximum absolute atomic E-state index is 12.8. The molecule has 0 fully saturated rings. The minimum Gasteiger partial charge on any atom is -0.447 e. The monoisotopic (exact) mass is 420 g/mol.